The van der Waals surface area contributed by atoms with Crippen LogP contribution in [0.1, 0.15) is 17.5 Å². The van der Waals surface area contributed by atoms with E-state index < -0.39 is 0 Å². The Morgan fingerprint density at radius 1 is 1.27 bits per heavy atom. The molecule has 0 amide bonds. The summed E-state index contributed by atoms with van der Waals surface area (Å²) >= 11 is 0. The van der Waals surface area contributed by atoms with Crippen LogP contribution in [-0.2, 0) is 17.8 Å². The summed E-state index contributed by atoms with van der Waals surface area (Å²) in [5, 5.41) is 0. The Kier molecular flexibility index (Phi) is 5.15. The first-order valence-electron chi connectivity index (χ1n) is 5.16. The van der Waals surface area contributed by atoms with Gasteiger partial charge >= 0.3 is 0 Å². The van der Waals surface area contributed by atoms with E-state index in [9.17, 15) is 0 Å². The minimum Gasteiger partial charge on any atom is -0.496 e. The van der Waals surface area contributed by atoms with Crippen molar-refractivity contribution in [1.82, 2.24) is 0 Å². The zero-order valence-corrected chi connectivity index (χ0v) is 9.45. The van der Waals surface area contributed by atoms with Crippen LogP contribution in [0.2, 0.25) is 0 Å². The Labute approximate surface area is 91.2 Å². The third-order valence-corrected chi connectivity index (χ3v) is 2.31. The summed E-state index contributed by atoms with van der Waals surface area (Å²) in [5.41, 5.74) is 7.86. The predicted molar refractivity (Wildman–Crippen MR) is 61.1 cm³/mol. The maximum atomic E-state index is 5.48. The summed E-state index contributed by atoms with van der Waals surface area (Å²) in [4.78, 5) is 0. The van der Waals surface area contributed by atoms with Crippen LogP contribution < -0.4 is 10.5 Å². The van der Waals surface area contributed by atoms with Crippen molar-refractivity contribution in [3.05, 3.63) is 29.3 Å². The van der Waals surface area contributed by atoms with Crippen LogP contribution in [0.5, 0.6) is 5.75 Å². The molecule has 0 bridgehead atoms. The number of aryl methyl sites for hydroxylation is 1. The highest BCUT2D eigenvalue weighted by Crippen LogP contribution is 2.21. The third kappa shape index (κ3) is 3.53. The second-order valence-electron chi connectivity index (χ2n) is 3.47. The molecule has 0 saturated heterocycles. The summed E-state index contributed by atoms with van der Waals surface area (Å²) in [6, 6.07) is 6.19. The SMILES string of the molecule is COCc1cc(CCCN)ccc1OC. The Hall–Kier alpha value is -1.06. The van der Waals surface area contributed by atoms with Crippen LogP contribution in [-0.4, -0.2) is 20.8 Å². The van der Waals surface area contributed by atoms with Gasteiger partial charge in [-0.15, -0.1) is 0 Å². The van der Waals surface area contributed by atoms with Crippen molar-refractivity contribution in [3.63, 3.8) is 0 Å². The number of nitrogens with two attached hydrogens (primary N) is 1. The van der Waals surface area contributed by atoms with Gasteiger partial charge < -0.3 is 15.2 Å². The number of methoxy groups -OCH3 is 2. The predicted octanol–water partition coefficient (Wildman–Crippen LogP) is 1.73. The van der Waals surface area contributed by atoms with Crippen LogP contribution in [0.15, 0.2) is 18.2 Å². The standard InChI is InChI=1S/C12H19NO2/c1-14-9-11-8-10(4-3-7-13)5-6-12(11)15-2/h5-6,8H,3-4,7,9,13H2,1-2H3. The van der Waals surface area contributed by atoms with Gasteiger partial charge in [0, 0.05) is 12.7 Å². The number of rotatable bonds is 6. The van der Waals surface area contributed by atoms with E-state index in [0.29, 0.717) is 6.61 Å². The molecular weight excluding hydrogens is 190 g/mol. The second kappa shape index (κ2) is 6.43. The number of benzene rings is 1. The first-order chi connectivity index (χ1) is 7.31. The average molecular weight is 209 g/mol. The van der Waals surface area contributed by atoms with Gasteiger partial charge in [0.25, 0.3) is 0 Å². The molecule has 1 aromatic rings. The van der Waals surface area contributed by atoms with E-state index in [0.717, 1.165) is 30.7 Å². The van der Waals surface area contributed by atoms with E-state index >= 15 is 0 Å². The molecule has 0 radical (unpaired) electrons. The highest BCUT2D eigenvalue weighted by Gasteiger charge is 2.03. The summed E-state index contributed by atoms with van der Waals surface area (Å²) in [6.07, 6.45) is 2.02. The van der Waals surface area contributed by atoms with Gasteiger partial charge in [0.1, 0.15) is 5.75 Å². The Balaban J connectivity index is 2.79. The average Bonchev–Trinajstić information content (AvgIpc) is 2.27. The van der Waals surface area contributed by atoms with Crippen LogP contribution in [0, 0.1) is 0 Å². The van der Waals surface area contributed by atoms with Crippen molar-refractivity contribution in [3.8, 4) is 5.75 Å². The monoisotopic (exact) mass is 209 g/mol. The lowest BCUT2D eigenvalue weighted by Crippen LogP contribution is -2.01. The van der Waals surface area contributed by atoms with Crippen molar-refractivity contribution < 1.29 is 9.47 Å². The second-order valence-corrected chi connectivity index (χ2v) is 3.47. The molecule has 0 unspecified atom stereocenters. The van der Waals surface area contributed by atoms with Crippen LogP contribution in [0.4, 0.5) is 0 Å². The number of hydrogen-bond acceptors (Lipinski definition) is 3. The van der Waals surface area contributed by atoms with E-state index in [4.69, 9.17) is 15.2 Å². The Morgan fingerprint density at radius 2 is 2.07 bits per heavy atom. The van der Waals surface area contributed by atoms with E-state index in [1.807, 2.05) is 6.07 Å². The lowest BCUT2D eigenvalue weighted by atomic mass is 10.1. The zero-order valence-electron chi connectivity index (χ0n) is 9.45. The molecule has 0 fully saturated rings. The van der Waals surface area contributed by atoms with Crippen molar-refractivity contribution in [1.29, 1.82) is 0 Å². The molecule has 0 aliphatic rings. The van der Waals surface area contributed by atoms with Crippen LogP contribution >= 0.6 is 0 Å². The molecule has 0 aromatic heterocycles. The molecule has 0 atom stereocenters. The Morgan fingerprint density at radius 3 is 2.67 bits per heavy atom. The van der Waals surface area contributed by atoms with Gasteiger partial charge in [-0.1, -0.05) is 6.07 Å². The molecule has 0 aliphatic heterocycles. The topological polar surface area (TPSA) is 44.5 Å². The minimum atomic E-state index is 0.583. The minimum absolute atomic E-state index is 0.583. The van der Waals surface area contributed by atoms with Crippen LogP contribution in [0.3, 0.4) is 0 Å². The molecule has 0 saturated carbocycles. The quantitative estimate of drug-likeness (QED) is 0.776. The lowest BCUT2D eigenvalue weighted by Gasteiger charge is -2.09. The summed E-state index contributed by atoms with van der Waals surface area (Å²) in [6.45, 7) is 1.31. The fourth-order valence-electron chi connectivity index (χ4n) is 1.56. The largest absolute Gasteiger partial charge is 0.496 e. The summed E-state index contributed by atoms with van der Waals surface area (Å²) in [5.74, 6) is 0.883. The highest BCUT2D eigenvalue weighted by molar-refractivity contribution is 5.37. The summed E-state index contributed by atoms with van der Waals surface area (Å²) in [7, 11) is 3.36. The van der Waals surface area contributed by atoms with E-state index in [1.165, 1.54) is 5.56 Å². The van der Waals surface area contributed by atoms with Gasteiger partial charge in [0.2, 0.25) is 0 Å². The van der Waals surface area contributed by atoms with Gasteiger partial charge in [-0.2, -0.15) is 0 Å². The maximum Gasteiger partial charge on any atom is 0.124 e. The zero-order chi connectivity index (χ0) is 11.1. The number of hydrogen-bond donors (Lipinski definition) is 1. The molecule has 1 rings (SSSR count). The van der Waals surface area contributed by atoms with Crippen molar-refractivity contribution in [2.45, 2.75) is 19.4 Å². The third-order valence-electron chi connectivity index (χ3n) is 2.31. The smallest absolute Gasteiger partial charge is 0.124 e. The Bertz CT molecular complexity index is 300. The molecule has 1 aromatic carbocycles. The number of ether oxygens (including phenoxy) is 2. The van der Waals surface area contributed by atoms with Gasteiger partial charge in [0.05, 0.1) is 13.7 Å². The molecule has 0 heterocycles. The van der Waals surface area contributed by atoms with E-state index in [1.54, 1.807) is 14.2 Å². The van der Waals surface area contributed by atoms with E-state index in [-0.39, 0.29) is 0 Å². The fraction of sp³-hybridized carbons (Fsp3) is 0.500. The van der Waals surface area contributed by atoms with E-state index in [2.05, 4.69) is 12.1 Å². The fourth-order valence-corrected chi connectivity index (χ4v) is 1.56. The first kappa shape index (κ1) is 12.0. The van der Waals surface area contributed by atoms with Crippen molar-refractivity contribution >= 4 is 0 Å². The first-order valence-corrected chi connectivity index (χ1v) is 5.16. The normalized spacial score (nSPS) is 10.3. The maximum absolute atomic E-state index is 5.48. The molecule has 15 heavy (non-hydrogen) atoms. The van der Waals surface area contributed by atoms with Crippen LogP contribution in [0.25, 0.3) is 0 Å². The molecule has 3 nitrogen and oxygen atoms in total. The summed E-state index contributed by atoms with van der Waals surface area (Å²) < 4.78 is 10.4. The van der Waals surface area contributed by atoms with Gasteiger partial charge in [0.15, 0.2) is 0 Å². The van der Waals surface area contributed by atoms with Gasteiger partial charge in [-0.3, -0.25) is 0 Å². The molecule has 3 heteroatoms. The molecule has 0 spiro atoms. The molecule has 84 valence electrons. The molecule has 0 aliphatic carbocycles. The lowest BCUT2D eigenvalue weighted by molar-refractivity contribution is 0.181. The van der Waals surface area contributed by atoms with Gasteiger partial charge in [-0.05, 0) is 37.1 Å². The van der Waals surface area contributed by atoms with Gasteiger partial charge in [-0.25, -0.2) is 0 Å². The van der Waals surface area contributed by atoms with Crippen molar-refractivity contribution in [2.75, 3.05) is 20.8 Å². The highest BCUT2D eigenvalue weighted by atomic mass is 16.5. The van der Waals surface area contributed by atoms with Crippen molar-refractivity contribution in [2.24, 2.45) is 5.73 Å². The molecule has 2 N–H and O–H groups in total. The molecular formula is C12H19NO2.